The van der Waals surface area contributed by atoms with Crippen molar-refractivity contribution in [1.29, 1.82) is 0 Å². The summed E-state index contributed by atoms with van der Waals surface area (Å²) in [6, 6.07) is 7.54. The molecule has 0 spiro atoms. The largest absolute Gasteiger partial charge is 0.290 e. The van der Waals surface area contributed by atoms with E-state index in [0.29, 0.717) is 5.56 Å². The van der Waals surface area contributed by atoms with E-state index >= 15 is 0 Å². The molecule has 0 unspecified atom stereocenters. The first-order valence-corrected chi connectivity index (χ1v) is 10.1. The number of nitrogens with two attached hydrogens (primary N) is 1. The van der Waals surface area contributed by atoms with Gasteiger partial charge in [-0.05, 0) is 65.5 Å². The van der Waals surface area contributed by atoms with Crippen LogP contribution < -0.4 is 11.3 Å². The third-order valence-electron chi connectivity index (χ3n) is 4.06. The van der Waals surface area contributed by atoms with Crippen LogP contribution in [0, 0.1) is 0 Å². The summed E-state index contributed by atoms with van der Waals surface area (Å²) in [5.41, 5.74) is 7.06. The lowest BCUT2D eigenvalue weighted by Crippen LogP contribution is -2.30. The maximum absolute atomic E-state index is 11.8. The maximum atomic E-state index is 11.8. The van der Waals surface area contributed by atoms with Crippen LogP contribution in [-0.4, -0.2) is 11.7 Å². The van der Waals surface area contributed by atoms with Crippen molar-refractivity contribution in [1.82, 2.24) is 5.43 Å². The highest BCUT2D eigenvalue weighted by atomic mass is 32.2. The molecule has 4 heteroatoms. The standard InChI is InChI=1S/C22H32N2OS/c1-17(2)9-7-10-18(3)11-8-12-19(4)15-16-26-21-14-6-5-13-20(21)22(25)24-23/h5-6,9,11,13-15H,7-8,10,12,16,23H2,1-4H3,(H,24,25)/b18-11+,19-15+. The Bertz CT molecular complexity index is 670. The van der Waals surface area contributed by atoms with Gasteiger partial charge in [-0.25, -0.2) is 5.84 Å². The van der Waals surface area contributed by atoms with Crippen molar-refractivity contribution in [2.75, 3.05) is 5.75 Å². The van der Waals surface area contributed by atoms with Gasteiger partial charge in [-0.1, -0.05) is 47.1 Å². The van der Waals surface area contributed by atoms with Crippen LogP contribution in [0.3, 0.4) is 0 Å². The van der Waals surface area contributed by atoms with Crippen LogP contribution in [0.4, 0.5) is 0 Å². The van der Waals surface area contributed by atoms with E-state index in [4.69, 9.17) is 5.84 Å². The van der Waals surface area contributed by atoms with Crippen LogP contribution in [0.15, 0.2) is 64.1 Å². The first kappa shape index (κ1) is 22.3. The normalized spacial score (nSPS) is 12.0. The van der Waals surface area contributed by atoms with E-state index in [-0.39, 0.29) is 5.91 Å². The molecule has 0 atom stereocenters. The topological polar surface area (TPSA) is 55.1 Å². The summed E-state index contributed by atoms with van der Waals surface area (Å²) in [5, 5.41) is 0. The zero-order valence-electron chi connectivity index (χ0n) is 16.5. The number of carbonyl (C=O) groups excluding carboxylic acids is 1. The fourth-order valence-electron chi connectivity index (χ4n) is 2.47. The van der Waals surface area contributed by atoms with E-state index < -0.39 is 0 Å². The minimum atomic E-state index is -0.248. The van der Waals surface area contributed by atoms with Gasteiger partial charge in [0, 0.05) is 10.6 Å². The van der Waals surface area contributed by atoms with E-state index in [9.17, 15) is 4.79 Å². The van der Waals surface area contributed by atoms with Gasteiger partial charge in [-0.3, -0.25) is 10.2 Å². The number of nitrogen functional groups attached to an aromatic ring is 1. The minimum absolute atomic E-state index is 0.248. The summed E-state index contributed by atoms with van der Waals surface area (Å²) in [6.07, 6.45) is 11.3. The number of hydrogen-bond donors (Lipinski definition) is 2. The van der Waals surface area contributed by atoms with Crippen molar-refractivity contribution in [3.8, 4) is 0 Å². The number of allylic oxidation sites excluding steroid dienone is 5. The molecule has 26 heavy (non-hydrogen) atoms. The van der Waals surface area contributed by atoms with Gasteiger partial charge < -0.3 is 0 Å². The number of nitrogens with one attached hydrogen (secondary N) is 1. The quantitative estimate of drug-likeness (QED) is 0.179. The second-order valence-electron chi connectivity index (χ2n) is 6.74. The fraction of sp³-hybridized carbons (Fsp3) is 0.409. The molecule has 1 rings (SSSR count). The van der Waals surface area contributed by atoms with Crippen LogP contribution in [0.1, 0.15) is 63.7 Å². The molecule has 0 fully saturated rings. The molecule has 1 aromatic rings. The highest BCUT2D eigenvalue weighted by Gasteiger charge is 2.08. The van der Waals surface area contributed by atoms with E-state index in [0.717, 1.165) is 36.3 Å². The molecule has 0 radical (unpaired) electrons. The second-order valence-corrected chi connectivity index (χ2v) is 7.80. The Morgan fingerprint density at radius 2 is 1.62 bits per heavy atom. The Labute approximate surface area is 162 Å². The summed E-state index contributed by atoms with van der Waals surface area (Å²) < 4.78 is 0. The lowest BCUT2D eigenvalue weighted by atomic mass is 10.1. The minimum Gasteiger partial charge on any atom is -0.290 e. The monoisotopic (exact) mass is 372 g/mol. The molecular weight excluding hydrogens is 340 g/mol. The van der Waals surface area contributed by atoms with Gasteiger partial charge >= 0.3 is 0 Å². The summed E-state index contributed by atoms with van der Waals surface area (Å²) in [5.74, 6) is 5.85. The van der Waals surface area contributed by atoms with Gasteiger partial charge in [0.05, 0.1) is 5.56 Å². The summed E-state index contributed by atoms with van der Waals surface area (Å²) >= 11 is 1.66. The number of thioether (sulfide) groups is 1. The predicted molar refractivity (Wildman–Crippen MR) is 114 cm³/mol. The van der Waals surface area contributed by atoms with Gasteiger partial charge in [0.25, 0.3) is 5.91 Å². The van der Waals surface area contributed by atoms with Gasteiger partial charge in [0.2, 0.25) is 0 Å². The number of hydrazine groups is 1. The number of hydrogen-bond acceptors (Lipinski definition) is 3. The Kier molecular flexibility index (Phi) is 10.7. The number of carbonyl (C=O) groups is 1. The molecule has 0 aromatic heterocycles. The molecule has 142 valence electrons. The molecular formula is C22H32N2OS. The number of benzene rings is 1. The van der Waals surface area contributed by atoms with Gasteiger partial charge in [0.1, 0.15) is 0 Å². The second kappa shape index (κ2) is 12.6. The molecule has 0 saturated heterocycles. The van der Waals surface area contributed by atoms with Crippen molar-refractivity contribution in [2.45, 2.75) is 58.3 Å². The van der Waals surface area contributed by atoms with E-state index in [1.54, 1.807) is 17.8 Å². The molecule has 3 nitrogen and oxygen atoms in total. The highest BCUT2D eigenvalue weighted by Crippen LogP contribution is 2.23. The molecule has 0 saturated carbocycles. The molecule has 0 bridgehead atoms. The van der Waals surface area contributed by atoms with Crippen LogP contribution in [-0.2, 0) is 0 Å². The van der Waals surface area contributed by atoms with Crippen LogP contribution in [0.25, 0.3) is 0 Å². The Morgan fingerprint density at radius 3 is 2.27 bits per heavy atom. The lowest BCUT2D eigenvalue weighted by Gasteiger charge is -2.07. The molecule has 1 amide bonds. The van der Waals surface area contributed by atoms with Crippen LogP contribution >= 0.6 is 11.8 Å². The summed E-state index contributed by atoms with van der Waals surface area (Å²) in [4.78, 5) is 12.7. The molecule has 0 aliphatic heterocycles. The number of amides is 1. The SMILES string of the molecule is CC(C)=CCC/C(C)=C/CC/C(C)=C/CSc1ccccc1C(=O)NN. The van der Waals surface area contributed by atoms with E-state index in [1.165, 1.54) is 16.7 Å². The van der Waals surface area contributed by atoms with E-state index in [2.05, 4.69) is 51.3 Å². The maximum Gasteiger partial charge on any atom is 0.266 e. The molecule has 0 aliphatic carbocycles. The van der Waals surface area contributed by atoms with Crippen LogP contribution in [0.5, 0.6) is 0 Å². The third-order valence-corrected chi connectivity index (χ3v) is 5.06. The Morgan fingerprint density at radius 1 is 1.00 bits per heavy atom. The first-order valence-electron chi connectivity index (χ1n) is 9.11. The summed E-state index contributed by atoms with van der Waals surface area (Å²) in [6.45, 7) is 8.68. The Hall–Kier alpha value is -1.78. The Balaban J connectivity index is 2.43. The molecule has 0 heterocycles. The smallest absolute Gasteiger partial charge is 0.266 e. The summed E-state index contributed by atoms with van der Waals surface area (Å²) in [7, 11) is 0. The average Bonchev–Trinajstić information content (AvgIpc) is 2.61. The lowest BCUT2D eigenvalue weighted by molar-refractivity contribution is 0.0950. The molecule has 3 N–H and O–H groups in total. The van der Waals surface area contributed by atoms with E-state index in [1.807, 2.05) is 18.2 Å². The van der Waals surface area contributed by atoms with Crippen molar-refractivity contribution < 1.29 is 4.79 Å². The molecule has 1 aromatic carbocycles. The first-order chi connectivity index (χ1) is 12.4. The highest BCUT2D eigenvalue weighted by molar-refractivity contribution is 7.99. The van der Waals surface area contributed by atoms with Crippen LogP contribution in [0.2, 0.25) is 0 Å². The zero-order valence-corrected chi connectivity index (χ0v) is 17.3. The van der Waals surface area contributed by atoms with Crippen molar-refractivity contribution in [3.05, 3.63) is 64.8 Å². The van der Waals surface area contributed by atoms with Gasteiger partial charge in [0.15, 0.2) is 0 Å². The van der Waals surface area contributed by atoms with Gasteiger partial charge in [-0.2, -0.15) is 0 Å². The fourth-order valence-corrected chi connectivity index (χ4v) is 3.51. The predicted octanol–water partition coefficient (Wildman–Crippen LogP) is 5.80. The third kappa shape index (κ3) is 9.07. The average molecular weight is 373 g/mol. The van der Waals surface area contributed by atoms with Crippen molar-refractivity contribution >= 4 is 17.7 Å². The zero-order chi connectivity index (χ0) is 19.4. The van der Waals surface area contributed by atoms with Crippen molar-refractivity contribution in [3.63, 3.8) is 0 Å². The van der Waals surface area contributed by atoms with Crippen molar-refractivity contribution in [2.24, 2.45) is 5.84 Å². The molecule has 0 aliphatic rings. The van der Waals surface area contributed by atoms with Gasteiger partial charge in [-0.15, -0.1) is 11.8 Å². The number of rotatable bonds is 10.